The van der Waals surface area contributed by atoms with E-state index in [0.717, 1.165) is 30.6 Å². The van der Waals surface area contributed by atoms with Gasteiger partial charge in [0.15, 0.2) is 5.13 Å². The number of amides is 2. The van der Waals surface area contributed by atoms with Crippen molar-refractivity contribution in [3.8, 4) is 0 Å². The van der Waals surface area contributed by atoms with E-state index in [4.69, 9.17) is 0 Å². The highest BCUT2D eigenvalue weighted by Gasteiger charge is 2.27. The van der Waals surface area contributed by atoms with E-state index >= 15 is 0 Å². The summed E-state index contributed by atoms with van der Waals surface area (Å²) in [6.45, 7) is 1.70. The van der Waals surface area contributed by atoms with Gasteiger partial charge in [-0.05, 0) is 25.3 Å². The first-order valence-corrected chi connectivity index (χ1v) is 9.03. The number of carbonyl (C=O) groups is 2. The van der Waals surface area contributed by atoms with Crippen LogP contribution in [0.5, 0.6) is 0 Å². The summed E-state index contributed by atoms with van der Waals surface area (Å²) in [5, 5.41) is 6.12. The third-order valence-corrected chi connectivity index (χ3v) is 5.15. The number of aromatic nitrogens is 1. The van der Waals surface area contributed by atoms with E-state index in [2.05, 4.69) is 27.8 Å². The molecule has 0 radical (unpaired) electrons. The van der Waals surface area contributed by atoms with Gasteiger partial charge in [0.2, 0.25) is 11.8 Å². The third kappa shape index (κ3) is 4.20. The Morgan fingerprint density at radius 3 is 2.71 bits per heavy atom. The zero-order chi connectivity index (χ0) is 16.9. The Hall–Kier alpha value is -2.21. The topological polar surface area (TPSA) is 71.1 Å². The van der Waals surface area contributed by atoms with Crippen molar-refractivity contribution in [2.75, 3.05) is 5.32 Å². The molecular weight excluding hydrogens is 322 g/mol. The second-order valence-corrected chi connectivity index (χ2v) is 7.26. The predicted molar refractivity (Wildman–Crippen MR) is 94.9 cm³/mol. The van der Waals surface area contributed by atoms with Gasteiger partial charge in [0.25, 0.3) is 0 Å². The van der Waals surface area contributed by atoms with Crippen molar-refractivity contribution in [3.63, 3.8) is 0 Å². The summed E-state index contributed by atoms with van der Waals surface area (Å²) >= 11 is 1.46. The molecule has 1 aliphatic rings. The quantitative estimate of drug-likeness (QED) is 0.847. The normalized spacial score (nSPS) is 15.4. The van der Waals surface area contributed by atoms with Gasteiger partial charge < -0.3 is 10.6 Å². The first-order valence-electron chi connectivity index (χ1n) is 8.21. The summed E-state index contributed by atoms with van der Waals surface area (Å²) in [5.74, 6) is -0.173. The molecule has 0 bridgehead atoms. The molecule has 2 amide bonds. The summed E-state index contributed by atoms with van der Waals surface area (Å²) in [7, 11) is 0. The first kappa shape index (κ1) is 16.6. The number of nitrogens with zero attached hydrogens (tertiary/aromatic N) is 1. The second kappa shape index (κ2) is 7.57. The predicted octanol–water partition coefficient (Wildman–Crippen LogP) is 2.98. The van der Waals surface area contributed by atoms with E-state index < -0.39 is 6.04 Å². The molecule has 0 aliphatic heterocycles. The third-order valence-electron chi connectivity index (χ3n) is 4.23. The fraction of sp³-hybridized carbons (Fsp3) is 0.389. The average molecular weight is 343 g/mol. The van der Waals surface area contributed by atoms with E-state index in [0.29, 0.717) is 5.13 Å². The maximum absolute atomic E-state index is 12.2. The Kier molecular flexibility index (Phi) is 5.25. The Morgan fingerprint density at radius 1 is 1.29 bits per heavy atom. The van der Waals surface area contributed by atoms with Gasteiger partial charge >= 0.3 is 0 Å². The van der Waals surface area contributed by atoms with Gasteiger partial charge in [0.05, 0.1) is 0 Å². The highest BCUT2D eigenvalue weighted by atomic mass is 32.1. The second-order valence-electron chi connectivity index (χ2n) is 6.14. The highest BCUT2D eigenvalue weighted by molar-refractivity contribution is 7.15. The van der Waals surface area contributed by atoms with Gasteiger partial charge in [-0.15, -0.1) is 11.3 Å². The van der Waals surface area contributed by atoms with Crippen molar-refractivity contribution in [3.05, 3.63) is 47.0 Å². The minimum absolute atomic E-state index is 0.0206. The molecule has 1 heterocycles. The van der Waals surface area contributed by atoms with Crippen molar-refractivity contribution < 1.29 is 9.59 Å². The lowest BCUT2D eigenvalue weighted by molar-refractivity contribution is -0.130. The summed E-state index contributed by atoms with van der Waals surface area (Å²) in [4.78, 5) is 29.4. The summed E-state index contributed by atoms with van der Waals surface area (Å²) in [6.07, 6.45) is 5.53. The van der Waals surface area contributed by atoms with Crippen LogP contribution in [0.1, 0.15) is 36.6 Å². The van der Waals surface area contributed by atoms with Gasteiger partial charge in [-0.2, -0.15) is 0 Å². The van der Waals surface area contributed by atoms with Crippen molar-refractivity contribution >= 4 is 28.3 Å². The lowest BCUT2D eigenvalue weighted by atomic mass is 9.84. The molecule has 2 N–H and O–H groups in total. The zero-order valence-corrected chi connectivity index (χ0v) is 14.4. The van der Waals surface area contributed by atoms with E-state index in [1.807, 2.05) is 18.2 Å². The molecule has 3 rings (SSSR count). The number of anilines is 1. The van der Waals surface area contributed by atoms with E-state index in [9.17, 15) is 9.59 Å². The number of hydrogen-bond acceptors (Lipinski definition) is 4. The van der Waals surface area contributed by atoms with Crippen LogP contribution in [-0.4, -0.2) is 22.8 Å². The molecule has 1 saturated carbocycles. The molecule has 0 saturated heterocycles. The number of rotatable bonds is 6. The molecule has 2 aromatic rings. The van der Waals surface area contributed by atoms with Crippen molar-refractivity contribution in [1.82, 2.24) is 10.3 Å². The average Bonchev–Trinajstić information content (AvgIpc) is 2.93. The minimum atomic E-state index is -0.556. The summed E-state index contributed by atoms with van der Waals surface area (Å²) < 4.78 is 0. The molecular formula is C18H21N3O2S. The van der Waals surface area contributed by atoms with Crippen LogP contribution in [-0.2, 0) is 16.0 Å². The monoisotopic (exact) mass is 343 g/mol. The molecule has 6 heteroatoms. The van der Waals surface area contributed by atoms with Gasteiger partial charge in [-0.25, -0.2) is 4.98 Å². The van der Waals surface area contributed by atoms with Crippen molar-refractivity contribution in [2.45, 2.75) is 38.6 Å². The molecule has 5 nitrogen and oxygen atoms in total. The Labute approximate surface area is 145 Å². The lowest BCUT2D eigenvalue weighted by Gasteiger charge is -2.25. The van der Waals surface area contributed by atoms with Gasteiger partial charge in [0, 0.05) is 23.4 Å². The Bertz CT molecular complexity index is 710. The molecule has 1 aliphatic carbocycles. The van der Waals surface area contributed by atoms with Crippen LogP contribution in [0.25, 0.3) is 0 Å². The smallest absolute Gasteiger partial charge is 0.248 e. The SMILES string of the molecule is C[C@H](NC(=O)C1CCC1)C(=O)Nc1ncc(Cc2ccccc2)s1. The number of carbonyl (C=O) groups excluding carboxylic acids is 2. The van der Waals surface area contributed by atoms with Gasteiger partial charge in [-0.3, -0.25) is 9.59 Å². The van der Waals surface area contributed by atoms with Crippen molar-refractivity contribution in [1.29, 1.82) is 0 Å². The highest BCUT2D eigenvalue weighted by Crippen LogP contribution is 2.26. The maximum atomic E-state index is 12.2. The van der Waals surface area contributed by atoms with Crippen LogP contribution in [0.15, 0.2) is 36.5 Å². The molecule has 0 spiro atoms. The van der Waals surface area contributed by atoms with Crippen LogP contribution >= 0.6 is 11.3 Å². The van der Waals surface area contributed by atoms with E-state index in [1.54, 1.807) is 13.1 Å². The zero-order valence-electron chi connectivity index (χ0n) is 13.6. The first-order chi connectivity index (χ1) is 11.6. The molecule has 1 atom stereocenters. The number of thiazole rings is 1. The van der Waals surface area contributed by atoms with E-state index in [-0.39, 0.29) is 17.7 Å². The number of hydrogen-bond donors (Lipinski definition) is 2. The van der Waals surface area contributed by atoms with Crippen LogP contribution in [0.2, 0.25) is 0 Å². The van der Waals surface area contributed by atoms with Crippen LogP contribution < -0.4 is 10.6 Å². The molecule has 1 aromatic heterocycles. The summed E-state index contributed by atoms with van der Waals surface area (Å²) in [6, 6.07) is 9.57. The van der Waals surface area contributed by atoms with Crippen molar-refractivity contribution in [2.24, 2.45) is 5.92 Å². The molecule has 0 unspecified atom stereocenters. The fourth-order valence-corrected chi connectivity index (χ4v) is 3.37. The van der Waals surface area contributed by atoms with Crippen LogP contribution in [0.3, 0.4) is 0 Å². The molecule has 126 valence electrons. The van der Waals surface area contributed by atoms with Gasteiger partial charge in [0.1, 0.15) is 6.04 Å². The number of nitrogens with one attached hydrogen (secondary N) is 2. The largest absolute Gasteiger partial charge is 0.344 e. The van der Waals surface area contributed by atoms with Gasteiger partial charge in [-0.1, -0.05) is 36.8 Å². The summed E-state index contributed by atoms with van der Waals surface area (Å²) in [5.41, 5.74) is 1.21. The van der Waals surface area contributed by atoms with E-state index in [1.165, 1.54) is 16.9 Å². The number of benzene rings is 1. The minimum Gasteiger partial charge on any atom is -0.344 e. The molecule has 1 fully saturated rings. The lowest BCUT2D eigenvalue weighted by Crippen LogP contribution is -2.45. The van der Waals surface area contributed by atoms with Crippen LogP contribution in [0, 0.1) is 5.92 Å². The molecule has 24 heavy (non-hydrogen) atoms. The molecule has 1 aromatic carbocycles. The fourth-order valence-electron chi connectivity index (χ4n) is 2.52. The maximum Gasteiger partial charge on any atom is 0.248 e. The Balaban J connectivity index is 1.51. The van der Waals surface area contributed by atoms with Crippen LogP contribution in [0.4, 0.5) is 5.13 Å². The standard InChI is InChI=1S/C18H21N3O2S/c1-12(20-17(23)14-8-5-9-14)16(22)21-18-19-11-15(24-18)10-13-6-3-2-4-7-13/h2-4,6-7,11-12,14H,5,8-10H2,1H3,(H,20,23)(H,19,21,22)/t12-/m0/s1. The Morgan fingerprint density at radius 2 is 2.04 bits per heavy atom.